The molecule has 0 fully saturated rings. The van der Waals surface area contributed by atoms with Gasteiger partial charge in [0.15, 0.2) is 0 Å². The van der Waals surface area contributed by atoms with Crippen molar-refractivity contribution < 1.29 is 4.79 Å². The molecule has 0 saturated carbocycles. The van der Waals surface area contributed by atoms with E-state index in [9.17, 15) is 9.59 Å². The van der Waals surface area contributed by atoms with Crippen molar-refractivity contribution in [1.82, 2.24) is 24.4 Å². The van der Waals surface area contributed by atoms with Crippen molar-refractivity contribution in [3.63, 3.8) is 0 Å². The zero-order valence-electron chi connectivity index (χ0n) is 17.1. The number of hydrogen-bond donors (Lipinski definition) is 1. The number of aromatic nitrogens is 4. The van der Waals surface area contributed by atoms with Crippen LogP contribution in [0.4, 0.5) is 0 Å². The van der Waals surface area contributed by atoms with Gasteiger partial charge in [-0.2, -0.15) is 0 Å². The number of amides is 1. The van der Waals surface area contributed by atoms with E-state index in [1.807, 2.05) is 31.2 Å². The Morgan fingerprint density at radius 1 is 1.23 bits per heavy atom. The van der Waals surface area contributed by atoms with Crippen LogP contribution in [0.1, 0.15) is 46.1 Å². The van der Waals surface area contributed by atoms with Gasteiger partial charge in [0.2, 0.25) is 0 Å². The van der Waals surface area contributed by atoms with Crippen LogP contribution in [0, 0.1) is 6.92 Å². The zero-order valence-corrected chi connectivity index (χ0v) is 17.9. The van der Waals surface area contributed by atoms with E-state index < -0.39 is 0 Å². The first-order chi connectivity index (χ1) is 14.5. The largest absolute Gasteiger partial charge is 0.340 e. The highest BCUT2D eigenvalue weighted by molar-refractivity contribution is 7.20. The van der Waals surface area contributed by atoms with Gasteiger partial charge in [-0.3, -0.25) is 14.2 Å². The number of thiophene rings is 1. The van der Waals surface area contributed by atoms with Crippen LogP contribution in [0.5, 0.6) is 0 Å². The molecule has 1 N–H and O–H groups in total. The average Bonchev–Trinajstić information content (AvgIpc) is 3.19. The van der Waals surface area contributed by atoms with E-state index in [-0.39, 0.29) is 11.5 Å². The maximum absolute atomic E-state index is 13.2. The Balaban J connectivity index is 1.49. The van der Waals surface area contributed by atoms with Crippen molar-refractivity contribution in [3.05, 3.63) is 56.7 Å². The van der Waals surface area contributed by atoms with Crippen LogP contribution in [-0.2, 0) is 19.5 Å². The second-order valence-corrected chi connectivity index (χ2v) is 8.89. The molecule has 3 aromatic heterocycles. The fourth-order valence-corrected chi connectivity index (χ4v) is 5.35. The highest BCUT2D eigenvalue weighted by Crippen LogP contribution is 2.29. The Labute approximate surface area is 177 Å². The Hall–Kier alpha value is -3.00. The number of nitrogens with zero attached hydrogens (tertiary/aromatic N) is 4. The number of H-pyrrole nitrogens is 1. The predicted molar refractivity (Wildman–Crippen MR) is 118 cm³/mol. The van der Waals surface area contributed by atoms with E-state index in [0.29, 0.717) is 28.2 Å². The third-order valence-electron chi connectivity index (χ3n) is 5.78. The Kier molecular flexibility index (Phi) is 4.66. The molecule has 1 amide bonds. The summed E-state index contributed by atoms with van der Waals surface area (Å²) in [7, 11) is 1.76. The minimum absolute atomic E-state index is 0.00960. The second kappa shape index (κ2) is 7.36. The van der Waals surface area contributed by atoms with Gasteiger partial charge >= 0.3 is 0 Å². The number of aryl methyl sites for hydroxylation is 2. The smallest absolute Gasteiger partial charge is 0.264 e. The van der Waals surface area contributed by atoms with Crippen molar-refractivity contribution in [3.8, 4) is 0 Å². The Morgan fingerprint density at radius 3 is 2.90 bits per heavy atom. The number of carbonyl (C=O) groups excluding carboxylic acids is 1. The zero-order chi connectivity index (χ0) is 20.8. The molecule has 4 heterocycles. The van der Waals surface area contributed by atoms with Gasteiger partial charge in [0, 0.05) is 20.0 Å². The number of fused-ring (bicyclic) bond motifs is 3. The van der Waals surface area contributed by atoms with E-state index in [4.69, 9.17) is 4.98 Å². The molecule has 5 rings (SSSR count). The molecular formula is C22H23N5O2S. The number of para-hydroxylation sites is 2. The number of nitrogens with one attached hydrogen (secondary N) is 1. The minimum atomic E-state index is -0.115. The molecule has 154 valence electrons. The normalized spacial score (nSPS) is 14.1. The van der Waals surface area contributed by atoms with Crippen LogP contribution in [0.25, 0.3) is 21.3 Å². The lowest BCUT2D eigenvalue weighted by Gasteiger charge is -2.15. The number of imidazole rings is 1. The minimum Gasteiger partial charge on any atom is -0.340 e. The summed E-state index contributed by atoms with van der Waals surface area (Å²) in [5.74, 6) is 1.46. The molecule has 0 unspecified atom stereocenters. The maximum Gasteiger partial charge on any atom is 0.264 e. The van der Waals surface area contributed by atoms with Gasteiger partial charge < -0.3 is 9.88 Å². The highest BCUT2D eigenvalue weighted by Gasteiger charge is 2.24. The topological polar surface area (TPSA) is 83.9 Å². The van der Waals surface area contributed by atoms with Crippen LogP contribution in [0.3, 0.4) is 0 Å². The van der Waals surface area contributed by atoms with Gasteiger partial charge in [-0.05, 0) is 37.5 Å². The summed E-state index contributed by atoms with van der Waals surface area (Å²) >= 11 is 1.32. The van der Waals surface area contributed by atoms with Crippen molar-refractivity contribution in [2.75, 3.05) is 7.05 Å². The predicted octanol–water partition coefficient (Wildman–Crippen LogP) is 3.64. The lowest BCUT2D eigenvalue weighted by Crippen LogP contribution is -2.27. The van der Waals surface area contributed by atoms with Crippen LogP contribution < -0.4 is 5.56 Å². The quantitative estimate of drug-likeness (QED) is 0.547. The first-order valence-corrected chi connectivity index (χ1v) is 11.1. The number of hydrogen-bond acceptors (Lipinski definition) is 5. The number of benzene rings is 1. The molecule has 0 saturated heterocycles. The number of aromatic amines is 1. The number of rotatable bonds is 3. The first-order valence-electron chi connectivity index (χ1n) is 10.2. The van der Waals surface area contributed by atoms with Crippen molar-refractivity contribution in [2.24, 2.45) is 0 Å². The number of carbonyl (C=O) groups is 1. The van der Waals surface area contributed by atoms with Crippen LogP contribution in [-0.4, -0.2) is 37.4 Å². The van der Waals surface area contributed by atoms with Crippen molar-refractivity contribution >= 4 is 38.5 Å². The van der Waals surface area contributed by atoms with E-state index in [0.717, 1.165) is 53.9 Å². The Morgan fingerprint density at radius 2 is 2.07 bits per heavy atom. The van der Waals surface area contributed by atoms with Gasteiger partial charge in [0.1, 0.15) is 16.5 Å². The van der Waals surface area contributed by atoms with E-state index in [2.05, 4.69) is 9.97 Å². The SMILES string of the molecule is Cc1c(C(=O)N(C)Cc2nc3ccccc3[nH]2)sc2nc3n(c(=O)c12)CCCCC3. The van der Waals surface area contributed by atoms with E-state index in [1.165, 1.54) is 11.3 Å². The second-order valence-electron chi connectivity index (χ2n) is 7.89. The molecule has 30 heavy (non-hydrogen) atoms. The summed E-state index contributed by atoms with van der Waals surface area (Å²) in [6.07, 6.45) is 3.98. The monoisotopic (exact) mass is 421 g/mol. The molecule has 1 aliphatic heterocycles. The lowest BCUT2D eigenvalue weighted by atomic mass is 10.2. The van der Waals surface area contributed by atoms with Crippen molar-refractivity contribution in [1.29, 1.82) is 0 Å². The summed E-state index contributed by atoms with van der Waals surface area (Å²) < 4.78 is 1.81. The van der Waals surface area contributed by atoms with Crippen molar-refractivity contribution in [2.45, 2.75) is 45.7 Å². The van der Waals surface area contributed by atoms with Gasteiger partial charge in [0.05, 0.1) is 27.8 Å². The lowest BCUT2D eigenvalue weighted by molar-refractivity contribution is 0.0786. The summed E-state index contributed by atoms with van der Waals surface area (Å²) in [5, 5.41) is 0.589. The van der Waals surface area contributed by atoms with Crippen LogP contribution in [0.15, 0.2) is 29.1 Å². The molecule has 0 atom stereocenters. The standard InChI is InChI=1S/C22H23N5O2S/c1-13-18-20(25-17-10-4-3-7-11-27(17)21(18)28)30-19(13)22(29)26(2)12-16-23-14-8-5-6-9-15(14)24-16/h5-6,8-9H,3-4,7,10-12H2,1-2H3,(H,23,24). The molecule has 7 nitrogen and oxygen atoms in total. The van der Waals surface area contributed by atoms with Crippen LogP contribution in [0.2, 0.25) is 0 Å². The molecule has 0 radical (unpaired) electrons. The van der Waals surface area contributed by atoms with E-state index >= 15 is 0 Å². The fourth-order valence-electron chi connectivity index (χ4n) is 4.16. The maximum atomic E-state index is 13.2. The molecule has 1 aromatic carbocycles. The molecule has 4 aromatic rings. The molecular weight excluding hydrogens is 398 g/mol. The third-order valence-corrected chi connectivity index (χ3v) is 6.95. The van der Waals surface area contributed by atoms with Gasteiger partial charge in [-0.15, -0.1) is 11.3 Å². The highest BCUT2D eigenvalue weighted by atomic mass is 32.1. The first kappa shape index (κ1) is 19.0. The summed E-state index contributed by atoms with van der Waals surface area (Å²) in [6.45, 7) is 2.93. The summed E-state index contributed by atoms with van der Waals surface area (Å²) in [4.78, 5) is 41.8. The van der Waals surface area contributed by atoms with Crippen LogP contribution >= 0.6 is 11.3 Å². The molecule has 0 bridgehead atoms. The van der Waals surface area contributed by atoms with Gasteiger partial charge in [-0.25, -0.2) is 9.97 Å². The Bertz CT molecular complexity index is 1300. The summed E-state index contributed by atoms with van der Waals surface area (Å²) in [5.41, 5.74) is 2.55. The van der Waals surface area contributed by atoms with E-state index in [1.54, 1.807) is 16.5 Å². The fraction of sp³-hybridized carbons (Fsp3) is 0.364. The third kappa shape index (κ3) is 3.11. The summed E-state index contributed by atoms with van der Waals surface area (Å²) in [6, 6.07) is 7.80. The van der Waals surface area contributed by atoms with Gasteiger partial charge in [-0.1, -0.05) is 18.6 Å². The average molecular weight is 422 g/mol. The molecule has 0 spiro atoms. The molecule has 1 aliphatic rings. The van der Waals surface area contributed by atoms with Gasteiger partial charge in [0.25, 0.3) is 11.5 Å². The molecule has 0 aliphatic carbocycles. The molecule has 8 heteroatoms.